The van der Waals surface area contributed by atoms with E-state index in [1.807, 2.05) is 50.2 Å². The van der Waals surface area contributed by atoms with Crippen LogP contribution in [0.5, 0.6) is 17.2 Å². The van der Waals surface area contributed by atoms with Crippen LogP contribution in [0.15, 0.2) is 42.5 Å². The Hall–Kier alpha value is -2.53. The predicted molar refractivity (Wildman–Crippen MR) is 102 cm³/mol. The molecule has 140 valence electrons. The van der Waals surface area contributed by atoms with Crippen molar-refractivity contribution >= 4 is 5.97 Å². The summed E-state index contributed by atoms with van der Waals surface area (Å²) >= 11 is 0. The average Bonchev–Trinajstić information content (AvgIpc) is 2.57. The summed E-state index contributed by atoms with van der Waals surface area (Å²) in [6.07, 6.45) is 0. The Labute approximate surface area is 155 Å². The highest BCUT2D eigenvalue weighted by Crippen LogP contribution is 2.30. The van der Waals surface area contributed by atoms with Gasteiger partial charge in [-0.2, -0.15) is 0 Å². The third kappa shape index (κ3) is 4.99. The molecule has 0 spiro atoms. The molecule has 1 atom stereocenters. The molecule has 0 amide bonds. The maximum Gasteiger partial charge on any atom is 0.349 e. The van der Waals surface area contributed by atoms with Gasteiger partial charge in [0.05, 0.1) is 6.61 Å². The standard InChI is InChI=1S/C21H27NO4/c1-6-24-20(23)21(4,5)26-19-11-10-18(12-14(19)2)25-17-9-7-8-16(13-17)15(3)22/h7-13,15H,6,22H2,1-5H3/t15-/m1/s1. The van der Waals surface area contributed by atoms with Crippen LogP contribution in [0.25, 0.3) is 0 Å². The Balaban J connectivity index is 2.14. The van der Waals surface area contributed by atoms with Gasteiger partial charge in [-0.05, 0) is 76.1 Å². The number of benzene rings is 2. The molecular weight excluding hydrogens is 330 g/mol. The summed E-state index contributed by atoms with van der Waals surface area (Å²) in [5, 5.41) is 0. The van der Waals surface area contributed by atoms with Gasteiger partial charge in [-0.3, -0.25) is 0 Å². The molecule has 0 saturated heterocycles. The van der Waals surface area contributed by atoms with Crippen LogP contribution in [0.2, 0.25) is 0 Å². The van der Waals surface area contributed by atoms with Crippen molar-refractivity contribution in [3.8, 4) is 17.2 Å². The summed E-state index contributed by atoms with van der Waals surface area (Å²) in [5.74, 6) is 1.62. The summed E-state index contributed by atoms with van der Waals surface area (Å²) < 4.78 is 16.8. The first-order valence-corrected chi connectivity index (χ1v) is 8.73. The zero-order valence-electron chi connectivity index (χ0n) is 16.0. The molecule has 0 saturated carbocycles. The van der Waals surface area contributed by atoms with Gasteiger partial charge in [0.15, 0.2) is 5.60 Å². The van der Waals surface area contributed by atoms with Crippen molar-refractivity contribution in [2.45, 2.75) is 46.3 Å². The van der Waals surface area contributed by atoms with E-state index in [1.165, 1.54) is 0 Å². The highest BCUT2D eigenvalue weighted by atomic mass is 16.6. The van der Waals surface area contributed by atoms with Gasteiger partial charge in [-0.25, -0.2) is 4.79 Å². The number of nitrogens with two attached hydrogens (primary N) is 1. The molecule has 0 radical (unpaired) electrons. The zero-order valence-corrected chi connectivity index (χ0v) is 16.0. The van der Waals surface area contributed by atoms with E-state index in [9.17, 15) is 4.79 Å². The van der Waals surface area contributed by atoms with Gasteiger partial charge in [0, 0.05) is 6.04 Å². The summed E-state index contributed by atoms with van der Waals surface area (Å²) in [7, 11) is 0. The monoisotopic (exact) mass is 357 g/mol. The van der Waals surface area contributed by atoms with Gasteiger partial charge in [0.1, 0.15) is 17.2 Å². The maximum atomic E-state index is 12.0. The first-order chi connectivity index (χ1) is 12.2. The first-order valence-electron chi connectivity index (χ1n) is 8.73. The van der Waals surface area contributed by atoms with Crippen molar-refractivity contribution in [2.75, 3.05) is 6.61 Å². The highest BCUT2D eigenvalue weighted by Gasteiger charge is 2.32. The van der Waals surface area contributed by atoms with E-state index in [0.29, 0.717) is 18.1 Å². The Morgan fingerprint density at radius 1 is 1.15 bits per heavy atom. The number of carbonyl (C=O) groups excluding carboxylic acids is 1. The number of ether oxygens (including phenoxy) is 3. The number of carbonyl (C=O) groups is 1. The molecule has 0 aliphatic heterocycles. The fraction of sp³-hybridized carbons (Fsp3) is 0.381. The van der Waals surface area contributed by atoms with E-state index in [-0.39, 0.29) is 6.04 Å². The van der Waals surface area contributed by atoms with Crippen molar-refractivity contribution in [2.24, 2.45) is 5.73 Å². The third-order valence-electron chi connectivity index (χ3n) is 3.90. The number of esters is 1. The van der Waals surface area contributed by atoms with E-state index < -0.39 is 11.6 Å². The number of rotatable bonds is 7. The molecule has 0 aromatic heterocycles. The lowest BCUT2D eigenvalue weighted by molar-refractivity contribution is -0.158. The van der Waals surface area contributed by atoms with Crippen LogP contribution in [0.4, 0.5) is 0 Å². The van der Waals surface area contributed by atoms with Crippen molar-refractivity contribution in [3.63, 3.8) is 0 Å². The lowest BCUT2D eigenvalue weighted by Gasteiger charge is -2.25. The topological polar surface area (TPSA) is 70.8 Å². The molecule has 2 N–H and O–H groups in total. The molecule has 5 heteroatoms. The molecular formula is C21H27NO4. The van der Waals surface area contributed by atoms with Gasteiger partial charge >= 0.3 is 5.97 Å². The van der Waals surface area contributed by atoms with Crippen molar-refractivity contribution in [1.82, 2.24) is 0 Å². The van der Waals surface area contributed by atoms with Gasteiger partial charge in [0.2, 0.25) is 0 Å². The maximum absolute atomic E-state index is 12.0. The second-order valence-electron chi connectivity index (χ2n) is 6.72. The predicted octanol–water partition coefficient (Wildman–Crippen LogP) is 4.53. The molecule has 2 rings (SSSR count). The number of aryl methyl sites for hydroxylation is 1. The van der Waals surface area contributed by atoms with Gasteiger partial charge in [-0.1, -0.05) is 12.1 Å². The van der Waals surface area contributed by atoms with E-state index >= 15 is 0 Å². The first kappa shape index (κ1) is 19.8. The van der Waals surface area contributed by atoms with Crippen LogP contribution in [-0.4, -0.2) is 18.2 Å². The molecule has 0 aliphatic rings. The Kier molecular flexibility index (Phi) is 6.27. The zero-order chi connectivity index (χ0) is 19.3. The molecule has 26 heavy (non-hydrogen) atoms. The molecule has 5 nitrogen and oxygen atoms in total. The van der Waals surface area contributed by atoms with Crippen molar-refractivity contribution < 1.29 is 19.0 Å². The van der Waals surface area contributed by atoms with Crippen LogP contribution < -0.4 is 15.2 Å². The van der Waals surface area contributed by atoms with Crippen LogP contribution in [0, 0.1) is 6.92 Å². The van der Waals surface area contributed by atoms with E-state index in [0.717, 1.165) is 16.9 Å². The number of hydrogen-bond donors (Lipinski definition) is 1. The lowest BCUT2D eigenvalue weighted by atomic mass is 10.1. The lowest BCUT2D eigenvalue weighted by Crippen LogP contribution is -2.39. The SMILES string of the molecule is CCOC(=O)C(C)(C)Oc1ccc(Oc2cccc([C@@H](C)N)c2)cc1C. The highest BCUT2D eigenvalue weighted by molar-refractivity contribution is 5.79. The van der Waals surface area contributed by atoms with Crippen LogP contribution in [0.1, 0.15) is 44.9 Å². The molecule has 0 bridgehead atoms. The van der Waals surface area contributed by atoms with Crippen LogP contribution in [0.3, 0.4) is 0 Å². The van der Waals surface area contributed by atoms with Crippen molar-refractivity contribution in [1.29, 1.82) is 0 Å². The van der Waals surface area contributed by atoms with Gasteiger partial charge in [0.25, 0.3) is 0 Å². The molecule has 0 aliphatic carbocycles. The minimum atomic E-state index is -1.06. The minimum absolute atomic E-state index is 0.0545. The summed E-state index contributed by atoms with van der Waals surface area (Å²) in [6, 6.07) is 13.1. The second kappa shape index (κ2) is 8.23. The molecule has 0 unspecified atom stereocenters. The molecule has 2 aromatic rings. The number of hydrogen-bond acceptors (Lipinski definition) is 5. The summed E-state index contributed by atoms with van der Waals surface area (Å²) in [4.78, 5) is 12.0. The largest absolute Gasteiger partial charge is 0.476 e. The van der Waals surface area contributed by atoms with Gasteiger partial charge < -0.3 is 19.9 Å². The van der Waals surface area contributed by atoms with E-state index in [1.54, 1.807) is 26.8 Å². The third-order valence-corrected chi connectivity index (χ3v) is 3.90. The Bertz CT molecular complexity index is 768. The Morgan fingerprint density at radius 3 is 2.46 bits per heavy atom. The van der Waals surface area contributed by atoms with Crippen LogP contribution in [-0.2, 0) is 9.53 Å². The fourth-order valence-electron chi connectivity index (χ4n) is 2.42. The summed E-state index contributed by atoms with van der Waals surface area (Å²) in [5.41, 5.74) is 6.73. The average molecular weight is 357 g/mol. The summed E-state index contributed by atoms with van der Waals surface area (Å²) in [6.45, 7) is 9.30. The van der Waals surface area contributed by atoms with Crippen molar-refractivity contribution in [3.05, 3.63) is 53.6 Å². The van der Waals surface area contributed by atoms with E-state index in [2.05, 4.69) is 0 Å². The normalized spacial score (nSPS) is 12.4. The second-order valence-corrected chi connectivity index (χ2v) is 6.72. The Morgan fingerprint density at radius 2 is 1.85 bits per heavy atom. The minimum Gasteiger partial charge on any atom is -0.476 e. The molecule has 0 heterocycles. The van der Waals surface area contributed by atoms with Gasteiger partial charge in [-0.15, -0.1) is 0 Å². The fourth-order valence-corrected chi connectivity index (χ4v) is 2.42. The molecule has 2 aromatic carbocycles. The van der Waals surface area contributed by atoms with Crippen LogP contribution >= 0.6 is 0 Å². The van der Waals surface area contributed by atoms with E-state index in [4.69, 9.17) is 19.9 Å². The molecule has 0 fully saturated rings. The quantitative estimate of drug-likeness (QED) is 0.737. The smallest absolute Gasteiger partial charge is 0.349 e.